The van der Waals surface area contributed by atoms with Gasteiger partial charge in [0.05, 0.1) is 0 Å². The molecule has 0 spiro atoms. The number of amides is 1. The third kappa shape index (κ3) is 3.70. The van der Waals surface area contributed by atoms with E-state index in [-0.39, 0.29) is 29.0 Å². The molecule has 1 aromatic carbocycles. The molecule has 134 valence electrons. The van der Waals surface area contributed by atoms with Crippen LogP contribution in [0.4, 0.5) is 13.2 Å². The van der Waals surface area contributed by atoms with Gasteiger partial charge in [-0.3, -0.25) is 4.79 Å². The Hall–Kier alpha value is -2.31. The summed E-state index contributed by atoms with van der Waals surface area (Å²) in [4.78, 5) is 14.1. The molecule has 2 heterocycles. The lowest BCUT2D eigenvalue weighted by Gasteiger charge is -2.15. The third-order valence-electron chi connectivity index (χ3n) is 4.66. The number of aryl methyl sites for hydroxylation is 2. The van der Waals surface area contributed by atoms with E-state index in [4.69, 9.17) is 0 Å². The van der Waals surface area contributed by atoms with Crippen molar-refractivity contribution in [1.29, 1.82) is 0 Å². The molecule has 0 bridgehead atoms. The number of nitrogens with zero attached hydrogens (tertiary/aromatic N) is 3. The smallest absolute Gasteiger partial charge is 0.333 e. The average Bonchev–Trinajstić information content (AvgIpc) is 3.17. The van der Waals surface area contributed by atoms with Crippen molar-refractivity contribution >= 4 is 5.91 Å². The highest BCUT2D eigenvalue weighted by atomic mass is 19.3. The quantitative estimate of drug-likeness (QED) is 0.842. The number of aromatic nitrogens is 2. The molecule has 1 fully saturated rings. The minimum absolute atomic E-state index is 0.0415. The zero-order valence-corrected chi connectivity index (χ0v) is 14.2. The highest BCUT2D eigenvalue weighted by Gasteiger charge is 2.29. The SMILES string of the molecule is Cc1ccc(CC2CCN(C(=O)c3cc(C)n(C(F)F)n3)C2)cc1F. The summed E-state index contributed by atoms with van der Waals surface area (Å²) in [5.74, 6) is -0.333. The number of alkyl halides is 2. The van der Waals surface area contributed by atoms with Crippen LogP contribution in [0.3, 0.4) is 0 Å². The number of rotatable bonds is 4. The Morgan fingerprint density at radius 2 is 2.08 bits per heavy atom. The maximum absolute atomic E-state index is 13.6. The third-order valence-corrected chi connectivity index (χ3v) is 4.66. The van der Waals surface area contributed by atoms with Crippen molar-refractivity contribution in [2.75, 3.05) is 13.1 Å². The first-order valence-corrected chi connectivity index (χ1v) is 8.23. The van der Waals surface area contributed by atoms with Gasteiger partial charge in [-0.2, -0.15) is 13.9 Å². The van der Waals surface area contributed by atoms with Crippen molar-refractivity contribution in [3.05, 3.63) is 52.6 Å². The van der Waals surface area contributed by atoms with Gasteiger partial charge in [0.2, 0.25) is 0 Å². The van der Waals surface area contributed by atoms with E-state index in [9.17, 15) is 18.0 Å². The zero-order chi connectivity index (χ0) is 18.1. The number of carbonyl (C=O) groups excluding carboxylic acids is 1. The van der Waals surface area contributed by atoms with E-state index in [2.05, 4.69) is 5.10 Å². The fourth-order valence-corrected chi connectivity index (χ4v) is 3.23. The fourth-order valence-electron chi connectivity index (χ4n) is 3.23. The van der Waals surface area contributed by atoms with Crippen LogP contribution in [0.1, 0.15) is 40.3 Å². The first kappa shape index (κ1) is 17.5. The summed E-state index contributed by atoms with van der Waals surface area (Å²) in [6.45, 7) is 1.53. The number of likely N-dealkylation sites (tertiary alicyclic amines) is 1. The summed E-state index contributed by atoms with van der Waals surface area (Å²) in [6, 6.07) is 6.57. The Bertz CT molecular complexity index is 788. The van der Waals surface area contributed by atoms with Crippen molar-refractivity contribution in [3.8, 4) is 0 Å². The predicted octanol–water partition coefficient (Wildman–Crippen LogP) is 3.74. The van der Waals surface area contributed by atoms with Crippen LogP contribution < -0.4 is 0 Å². The lowest BCUT2D eigenvalue weighted by molar-refractivity contribution is 0.0533. The van der Waals surface area contributed by atoms with E-state index in [1.54, 1.807) is 17.9 Å². The van der Waals surface area contributed by atoms with Crippen LogP contribution in [0.5, 0.6) is 0 Å². The molecule has 0 aliphatic carbocycles. The van der Waals surface area contributed by atoms with Crippen molar-refractivity contribution in [2.24, 2.45) is 5.92 Å². The molecule has 0 N–H and O–H groups in total. The van der Waals surface area contributed by atoms with E-state index in [0.717, 1.165) is 12.0 Å². The van der Waals surface area contributed by atoms with Gasteiger partial charge in [0.25, 0.3) is 5.91 Å². The van der Waals surface area contributed by atoms with E-state index in [1.165, 1.54) is 19.1 Å². The number of benzene rings is 1. The Labute approximate surface area is 144 Å². The van der Waals surface area contributed by atoms with Gasteiger partial charge in [-0.15, -0.1) is 0 Å². The summed E-state index contributed by atoms with van der Waals surface area (Å²) < 4.78 is 39.8. The lowest BCUT2D eigenvalue weighted by Crippen LogP contribution is -2.29. The Kier molecular flexibility index (Phi) is 4.83. The van der Waals surface area contributed by atoms with Crippen LogP contribution in [0, 0.1) is 25.6 Å². The largest absolute Gasteiger partial charge is 0.337 e. The number of carbonyl (C=O) groups is 1. The molecule has 0 saturated carbocycles. The molecule has 1 aliphatic heterocycles. The van der Waals surface area contributed by atoms with E-state index < -0.39 is 6.55 Å². The van der Waals surface area contributed by atoms with E-state index in [0.29, 0.717) is 29.8 Å². The second-order valence-electron chi connectivity index (χ2n) is 6.59. The molecule has 1 saturated heterocycles. The van der Waals surface area contributed by atoms with E-state index >= 15 is 0 Å². The molecule has 1 amide bonds. The monoisotopic (exact) mass is 351 g/mol. The van der Waals surface area contributed by atoms with Crippen LogP contribution in [0.2, 0.25) is 0 Å². The van der Waals surface area contributed by atoms with Crippen molar-refractivity contribution in [2.45, 2.75) is 33.2 Å². The van der Waals surface area contributed by atoms with Gasteiger partial charge in [0.15, 0.2) is 5.69 Å². The normalized spacial score (nSPS) is 17.5. The molecule has 2 aromatic rings. The first-order chi connectivity index (χ1) is 11.8. The molecule has 0 radical (unpaired) electrons. The maximum atomic E-state index is 13.6. The summed E-state index contributed by atoms with van der Waals surface area (Å²) in [5.41, 5.74) is 1.81. The highest BCUT2D eigenvalue weighted by Crippen LogP contribution is 2.24. The van der Waals surface area contributed by atoms with Crippen LogP contribution in [-0.2, 0) is 6.42 Å². The second-order valence-corrected chi connectivity index (χ2v) is 6.59. The number of hydrogen-bond donors (Lipinski definition) is 0. The molecule has 1 aliphatic rings. The molecule has 4 nitrogen and oxygen atoms in total. The average molecular weight is 351 g/mol. The van der Waals surface area contributed by atoms with Gasteiger partial charge >= 0.3 is 6.55 Å². The Morgan fingerprint density at radius 3 is 2.72 bits per heavy atom. The van der Waals surface area contributed by atoms with E-state index in [1.807, 2.05) is 6.07 Å². The molecule has 7 heteroatoms. The standard InChI is InChI=1S/C18H20F3N3O/c1-11-3-4-13(9-15(11)19)8-14-5-6-23(10-14)17(25)16-7-12(2)24(22-16)18(20)21/h3-4,7,9,14,18H,5-6,8,10H2,1-2H3. The molecule has 25 heavy (non-hydrogen) atoms. The summed E-state index contributed by atoms with van der Waals surface area (Å²) in [5, 5.41) is 3.71. The van der Waals surface area contributed by atoms with Gasteiger partial charge in [-0.1, -0.05) is 12.1 Å². The Balaban J connectivity index is 1.65. The summed E-state index contributed by atoms with van der Waals surface area (Å²) >= 11 is 0. The number of hydrogen-bond acceptors (Lipinski definition) is 2. The van der Waals surface area contributed by atoms with Crippen molar-refractivity contribution in [3.63, 3.8) is 0 Å². The lowest BCUT2D eigenvalue weighted by atomic mass is 9.98. The van der Waals surface area contributed by atoms with Crippen molar-refractivity contribution in [1.82, 2.24) is 14.7 Å². The second kappa shape index (κ2) is 6.90. The van der Waals surface area contributed by atoms with Gasteiger partial charge in [-0.25, -0.2) is 9.07 Å². The first-order valence-electron chi connectivity index (χ1n) is 8.23. The number of halogens is 3. The highest BCUT2D eigenvalue weighted by molar-refractivity contribution is 5.92. The van der Waals surface area contributed by atoms with Gasteiger partial charge in [0, 0.05) is 18.8 Å². The molecule has 1 atom stereocenters. The van der Waals surface area contributed by atoms with Gasteiger partial charge in [0.1, 0.15) is 5.82 Å². The van der Waals surface area contributed by atoms with Crippen LogP contribution >= 0.6 is 0 Å². The topological polar surface area (TPSA) is 38.1 Å². The van der Waals surface area contributed by atoms with Gasteiger partial charge in [-0.05, 0) is 55.9 Å². The maximum Gasteiger partial charge on any atom is 0.333 e. The van der Waals surface area contributed by atoms with Crippen molar-refractivity contribution < 1.29 is 18.0 Å². The molecular formula is C18H20F3N3O. The molecule has 1 aromatic heterocycles. The Morgan fingerprint density at radius 1 is 1.32 bits per heavy atom. The van der Waals surface area contributed by atoms with Gasteiger partial charge < -0.3 is 4.90 Å². The molecule has 1 unspecified atom stereocenters. The van der Waals surface area contributed by atoms with Crippen LogP contribution in [-0.4, -0.2) is 33.7 Å². The molecule has 3 rings (SSSR count). The zero-order valence-electron chi connectivity index (χ0n) is 14.2. The summed E-state index contributed by atoms with van der Waals surface area (Å²) in [7, 11) is 0. The minimum Gasteiger partial charge on any atom is -0.337 e. The van der Waals surface area contributed by atoms with Crippen LogP contribution in [0.25, 0.3) is 0 Å². The minimum atomic E-state index is -2.76. The molecular weight excluding hydrogens is 331 g/mol. The van der Waals surface area contributed by atoms with Crippen LogP contribution in [0.15, 0.2) is 24.3 Å². The fraction of sp³-hybridized carbons (Fsp3) is 0.444. The predicted molar refractivity (Wildman–Crippen MR) is 87.1 cm³/mol. The summed E-state index contributed by atoms with van der Waals surface area (Å²) in [6.07, 6.45) is 1.49.